The molecule has 4 heteroatoms. The van der Waals surface area contributed by atoms with Gasteiger partial charge in [0.25, 0.3) is 5.91 Å². The summed E-state index contributed by atoms with van der Waals surface area (Å²) in [7, 11) is 1.83. The monoisotopic (exact) mass is 274 g/mol. The molecule has 0 radical (unpaired) electrons. The molecule has 0 aliphatic rings. The van der Waals surface area contributed by atoms with Crippen molar-refractivity contribution >= 4 is 22.9 Å². The van der Waals surface area contributed by atoms with E-state index in [2.05, 4.69) is 11.4 Å². The van der Waals surface area contributed by atoms with Crippen LogP contribution in [0.5, 0.6) is 0 Å². The van der Waals surface area contributed by atoms with Crippen molar-refractivity contribution in [2.24, 2.45) is 0 Å². The minimum Gasteiger partial charge on any atom is -0.387 e. The Morgan fingerprint density at radius 1 is 1.26 bits per heavy atom. The van der Waals surface area contributed by atoms with Gasteiger partial charge in [-0.3, -0.25) is 4.79 Å². The number of rotatable bonds is 5. The van der Waals surface area contributed by atoms with E-state index in [4.69, 9.17) is 0 Å². The number of carbonyl (C=O) groups is 1. The van der Waals surface area contributed by atoms with Crippen LogP contribution in [0.25, 0.3) is 0 Å². The maximum atomic E-state index is 12.6. The molecule has 0 atom stereocenters. The fourth-order valence-electron chi connectivity index (χ4n) is 1.98. The van der Waals surface area contributed by atoms with Crippen LogP contribution in [0.3, 0.4) is 0 Å². The van der Waals surface area contributed by atoms with Crippen LogP contribution in [0, 0.1) is 0 Å². The van der Waals surface area contributed by atoms with Crippen molar-refractivity contribution < 1.29 is 4.79 Å². The second-order valence-corrected chi connectivity index (χ2v) is 5.23. The molecule has 100 valence electrons. The molecule has 0 unspecified atom stereocenters. The Balaban J connectivity index is 2.20. The van der Waals surface area contributed by atoms with Gasteiger partial charge in [-0.05, 0) is 30.5 Å². The number of para-hydroxylation sites is 1. The van der Waals surface area contributed by atoms with Crippen molar-refractivity contribution in [3.63, 3.8) is 0 Å². The lowest BCUT2D eigenvalue weighted by Gasteiger charge is -2.21. The van der Waals surface area contributed by atoms with Crippen molar-refractivity contribution in [2.45, 2.75) is 13.5 Å². The lowest BCUT2D eigenvalue weighted by Crippen LogP contribution is -2.30. The number of nitrogens with one attached hydrogen (secondary N) is 1. The van der Waals surface area contributed by atoms with Gasteiger partial charge in [-0.1, -0.05) is 18.2 Å². The van der Waals surface area contributed by atoms with Crippen LogP contribution in [-0.2, 0) is 6.54 Å². The summed E-state index contributed by atoms with van der Waals surface area (Å²) in [5.74, 6) is 0.0702. The molecule has 1 aromatic heterocycles. The van der Waals surface area contributed by atoms with Crippen LogP contribution in [-0.4, -0.2) is 24.4 Å². The minimum atomic E-state index is 0.0702. The Bertz CT molecular complexity index is 537. The third-order valence-corrected chi connectivity index (χ3v) is 3.88. The zero-order valence-electron chi connectivity index (χ0n) is 11.2. The van der Waals surface area contributed by atoms with Crippen LogP contribution in [0.2, 0.25) is 0 Å². The lowest BCUT2D eigenvalue weighted by molar-refractivity contribution is 0.0755. The van der Waals surface area contributed by atoms with Gasteiger partial charge in [-0.15, -0.1) is 11.3 Å². The van der Waals surface area contributed by atoms with E-state index in [1.807, 2.05) is 54.6 Å². The summed E-state index contributed by atoms with van der Waals surface area (Å²) < 4.78 is 0. The number of benzene rings is 1. The van der Waals surface area contributed by atoms with Crippen molar-refractivity contribution in [2.75, 3.05) is 18.9 Å². The van der Waals surface area contributed by atoms with E-state index in [0.29, 0.717) is 13.1 Å². The maximum absolute atomic E-state index is 12.6. The first kappa shape index (κ1) is 13.6. The van der Waals surface area contributed by atoms with Gasteiger partial charge in [0, 0.05) is 24.2 Å². The Hall–Kier alpha value is -1.81. The van der Waals surface area contributed by atoms with E-state index < -0.39 is 0 Å². The quantitative estimate of drug-likeness (QED) is 0.905. The van der Waals surface area contributed by atoms with E-state index in [-0.39, 0.29) is 5.91 Å². The SMILES string of the molecule is CCN(Cc1cccs1)C(=O)c1ccccc1NC. The van der Waals surface area contributed by atoms with Gasteiger partial charge >= 0.3 is 0 Å². The Morgan fingerprint density at radius 3 is 2.68 bits per heavy atom. The van der Waals surface area contributed by atoms with Gasteiger partial charge in [-0.2, -0.15) is 0 Å². The van der Waals surface area contributed by atoms with Crippen LogP contribution in [0.15, 0.2) is 41.8 Å². The standard InChI is InChI=1S/C15H18N2OS/c1-3-17(11-12-7-6-10-19-12)15(18)13-8-4-5-9-14(13)16-2/h4-10,16H,3,11H2,1-2H3. The molecule has 3 nitrogen and oxygen atoms in total. The lowest BCUT2D eigenvalue weighted by atomic mass is 10.1. The third-order valence-electron chi connectivity index (χ3n) is 3.02. The number of amides is 1. The van der Waals surface area contributed by atoms with E-state index in [9.17, 15) is 4.79 Å². The predicted molar refractivity (Wildman–Crippen MR) is 80.7 cm³/mol. The van der Waals surface area contributed by atoms with Gasteiger partial charge in [0.2, 0.25) is 0 Å². The summed E-state index contributed by atoms with van der Waals surface area (Å²) in [5.41, 5.74) is 1.60. The number of thiophene rings is 1. The van der Waals surface area contributed by atoms with Gasteiger partial charge in [0.05, 0.1) is 12.1 Å². The first-order valence-corrected chi connectivity index (χ1v) is 7.22. The third kappa shape index (κ3) is 3.15. The normalized spacial score (nSPS) is 10.2. The average Bonchev–Trinajstić information content (AvgIpc) is 2.97. The molecule has 1 heterocycles. The van der Waals surface area contributed by atoms with Crippen molar-refractivity contribution in [3.8, 4) is 0 Å². The van der Waals surface area contributed by atoms with E-state index in [1.54, 1.807) is 11.3 Å². The largest absolute Gasteiger partial charge is 0.387 e. The highest BCUT2D eigenvalue weighted by Crippen LogP contribution is 2.19. The van der Waals surface area contributed by atoms with Gasteiger partial charge in [0.15, 0.2) is 0 Å². The molecule has 0 aliphatic carbocycles. The molecule has 0 bridgehead atoms. The summed E-state index contributed by atoms with van der Waals surface area (Å²) in [4.78, 5) is 15.6. The minimum absolute atomic E-state index is 0.0702. The first-order chi connectivity index (χ1) is 9.26. The van der Waals surface area contributed by atoms with Crippen LogP contribution < -0.4 is 5.32 Å². The number of carbonyl (C=O) groups excluding carboxylic acids is 1. The van der Waals surface area contributed by atoms with Crippen molar-refractivity contribution in [1.82, 2.24) is 4.90 Å². The summed E-state index contributed by atoms with van der Waals surface area (Å²) in [6.45, 7) is 3.38. The Morgan fingerprint density at radius 2 is 2.05 bits per heavy atom. The van der Waals surface area contributed by atoms with Gasteiger partial charge in [0.1, 0.15) is 0 Å². The highest BCUT2D eigenvalue weighted by Gasteiger charge is 2.17. The smallest absolute Gasteiger partial charge is 0.256 e. The van der Waals surface area contributed by atoms with Crippen molar-refractivity contribution in [3.05, 3.63) is 52.2 Å². The first-order valence-electron chi connectivity index (χ1n) is 6.34. The second kappa shape index (κ2) is 6.38. The molecule has 1 amide bonds. The van der Waals surface area contributed by atoms with Crippen LogP contribution in [0.4, 0.5) is 5.69 Å². The number of hydrogen-bond acceptors (Lipinski definition) is 3. The summed E-state index contributed by atoms with van der Waals surface area (Å²) in [6, 6.07) is 11.7. The summed E-state index contributed by atoms with van der Waals surface area (Å²) in [5, 5.41) is 5.11. The number of nitrogens with zero attached hydrogens (tertiary/aromatic N) is 1. The molecule has 1 aromatic carbocycles. The van der Waals surface area contributed by atoms with Crippen LogP contribution >= 0.6 is 11.3 Å². The highest BCUT2D eigenvalue weighted by atomic mass is 32.1. The molecular formula is C15H18N2OS. The molecule has 1 N–H and O–H groups in total. The van der Waals surface area contributed by atoms with Gasteiger partial charge in [-0.25, -0.2) is 0 Å². The number of hydrogen-bond donors (Lipinski definition) is 1. The molecule has 0 saturated carbocycles. The van der Waals surface area contributed by atoms with Crippen LogP contribution in [0.1, 0.15) is 22.2 Å². The number of anilines is 1. The molecule has 0 fully saturated rings. The summed E-state index contributed by atoms with van der Waals surface area (Å²) in [6.07, 6.45) is 0. The molecule has 0 saturated heterocycles. The van der Waals surface area contributed by atoms with Crippen molar-refractivity contribution in [1.29, 1.82) is 0 Å². The molecule has 0 spiro atoms. The maximum Gasteiger partial charge on any atom is 0.256 e. The predicted octanol–water partition coefficient (Wildman–Crippen LogP) is 3.45. The van der Waals surface area contributed by atoms with E-state index in [0.717, 1.165) is 11.3 Å². The molecule has 0 aliphatic heterocycles. The second-order valence-electron chi connectivity index (χ2n) is 4.19. The molecule has 2 rings (SSSR count). The molecule has 19 heavy (non-hydrogen) atoms. The fourth-order valence-corrected chi connectivity index (χ4v) is 2.70. The topological polar surface area (TPSA) is 32.3 Å². The average molecular weight is 274 g/mol. The molecular weight excluding hydrogens is 256 g/mol. The Labute approximate surface area is 117 Å². The van der Waals surface area contributed by atoms with E-state index >= 15 is 0 Å². The fraction of sp³-hybridized carbons (Fsp3) is 0.267. The highest BCUT2D eigenvalue weighted by molar-refractivity contribution is 7.09. The molecule has 2 aromatic rings. The Kier molecular flexibility index (Phi) is 4.58. The summed E-state index contributed by atoms with van der Waals surface area (Å²) >= 11 is 1.68. The zero-order chi connectivity index (χ0) is 13.7. The van der Waals surface area contributed by atoms with Gasteiger partial charge < -0.3 is 10.2 Å². The van der Waals surface area contributed by atoms with E-state index in [1.165, 1.54) is 4.88 Å². The zero-order valence-corrected chi connectivity index (χ0v) is 12.0.